The van der Waals surface area contributed by atoms with Crippen LogP contribution in [0.2, 0.25) is 0 Å². The molecular weight excluding hydrogens is 226 g/mol. The van der Waals surface area contributed by atoms with E-state index in [9.17, 15) is 5.11 Å². The number of para-hydroxylation sites is 1. The first kappa shape index (κ1) is 13.4. The van der Waals surface area contributed by atoms with E-state index in [1.807, 2.05) is 18.2 Å². The molecule has 1 fully saturated rings. The predicted octanol–water partition coefficient (Wildman–Crippen LogP) is 1.94. The van der Waals surface area contributed by atoms with E-state index in [2.05, 4.69) is 18.0 Å². The van der Waals surface area contributed by atoms with Crippen LogP contribution in [-0.4, -0.2) is 43.9 Å². The summed E-state index contributed by atoms with van der Waals surface area (Å²) in [6.07, 6.45) is 3.33. The minimum atomic E-state index is 0.204. The van der Waals surface area contributed by atoms with Crippen LogP contribution in [0.15, 0.2) is 24.3 Å². The molecule has 0 atom stereocenters. The normalized spacial score (nSPS) is 16.9. The first-order valence-electron chi connectivity index (χ1n) is 6.60. The third kappa shape index (κ3) is 3.24. The summed E-state index contributed by atoms with van der Waals surface area (Å²) in [6.45, 7) is 2.33. The molecule has 3 nitrogen and oxygen atoms in total. The third-order valence-corrected chi connectivity index (χ3v) is 3.85. The van der Waals surface area contributed by atoms with Gasteiger partial charge in [-0.1, -0.05) is 18.2 Å². The van der Waals surface area contributed by atoms with Crippen molar-refractivity contribution in [1.29, 1.82) is 0 Å². The van der Waals surface area contributed by atoms with E-state index in [1.54, 1.807) is 7.11 Å². The Balaban J connectivity index is 1.83. The van der Waals surface area contributed by atoms with Gasteiger partial charge in [0.15, 0.2) is 0 Å². The monoisotopic (exact) mass is 249 g/mol. The van der Waals surface area contributed by atoms with Crippen molar-refractivity contribution in [2.45, 2.75) is 19.3 Å². The summed E-state index contributed by atoms with van der Waals surface area (Å²) in [5, 5.41) is 9.33. The minimum Gasteiger partial charge on any atom is -0.496 e. The summed E-state index contributed by atoms with van der Waals surface area (Å²) in [6, 6.07) is 8.17. The molecule has 2 rings (SSSR count). The Bertz CT molecular complexity index is 388. The number of hydrogen-bond donors (Lipinski definition) is 1. The molecule has 0 heterocycles. The van der Waals surface area contributed by atoms with Crippen molar-refractivity contribution in [2.75, 3.05) is 33.9 Å². The third-order valence-electron chi connectivity index (χ3n) is 3.85. The number of ether oxygens (including phenoxy) is 1. The van der Waals surface area contributed by atoms with Gasteiger partial charge >= 0.3 is 0 Å². The zero-order chi connectivity index (χ0) is 13.0. The van der Waals surface area contributed by atoms with Crippen LogP contribution >= 0.6 is 0 Å². The van der Waals surface area contributed by atoms with Gasteiger partial charge in [0.2, 0.25) is 0 Å². The molecule has 18 heavy (non-hydrogen) atoms. The van der Waals surface area contributed by atoms with Crippen LogP contribution in [-0.2, 0) is 6.42 Å². The molecule has 0 unspecified atom stereocenters. The highest BCUT2D eigenvalue weighted by Gasteiger charge is 2.42. The van der Waals surface area contributed by atoms with E-state index in [0.29, 0.717) is 6.61 Å². The molecule has 0 spiro atoms. The zero-order valence-corrected chi connectivity index (χ0v) is 11.4. The van der Waals surface area contributed by atoms with Crippen molar-refractivity contribution in [2.24, 2.45) is 5.41 Å². The number of rotatable bonds is 7. The van der Waals surface area contributed by atoms with Crippen LogP contribution in [0.5, 0.6) is 5.75 Å². The second kappa shape index (κ2) is 5.72. The van der Waals surface area contributed by atoms with Gasteiger partial charge < -0.3 is 14.7 Å². The predicted molar refractivity (Wildman–Crippen MR) is 72.9 cm³/mol. The molecule has 0 bridgehead atoms. The molecule has 1 N–H and O–H groups in total. The molecule has 100 valence electrons. The summed E-state index contributed by atoms with van der Waals surface area (Å²) >= 11 is 0. The van der Waals surface area contributed by atoms with Crippen LogP contribution in [0.4, 0.5) is 0 Å². The van der Waals surface area contributed by atoms with Gasteiger partial charge in [-0.25, -0.2) is 0 Å². The maximum absolute atomic E-state index is 9.33. The van der Waals surface area contributed by atoms with E-state index in [-0.39, 0.29) is 5.41 Å². The topological polar surface area (TPSA) is 32.7 Å². The zero-order valence-electron chi connectivity index (χ0n) is 11.4. The van der Waals surface area contributed by atoms with Crippen molar-refractivity contribution in [1.82, 2.24) is 4.90 Å². The molecule has 0 saturated heterocycles. The van der Waals surface area contributed by atoms with E-state index in [4.69, 9.17) is 4.74 Å². The van der Waals surface area contributed by atoms with Gasteiger partial charge in [0.05, 0.1) is 7.11 Å². The lowest BCUT2D eigenvalue weighted by Crippen LogP contribution is -2.30. The SMILES string of the molecule is COc1ccccc1CCN(C)CC1(CO)CC1. The highest BCUT2D eigenvalue weighted by molar-refractivity contribution is 5.33. The molecule has 0 aliphatic heterocycles. The van der Waals surface area contributed by atoms with Crippen LogP contribution in [0, 0.1) is 5.41 Å². The van der Waals surface area contributed by atoms with Crippen LogP contribution < -0.4 is 4.74 Å². The number of methoxy groups -OCH3 is 1. The first-order chi connectivity index (χ1) is 8.69. The van der Waals surface area contributed by atoms with Gasteiger partial charge in [0, 0.05) is 25.1 Å². The highest BCUT2D eigenvalue weighted by Crippen LogP contribution is 2.45. The number of aliphatic hydroxyl groups is 1. The van der Waals surface area contributed by atoms with Crippen LogP contribution in [0.3, 0.4) is 0 Å². The maximum atomic E-state index is 9.33. The smallest absolute Gasteiger partial charge is 0.122 e. The number of hydrogen-bond acceptors (Lipinski definition) is 3. The van der Waals surface area contributed by atoms with Crippen molar-refractivity contribution < 1.29 is 9.84 Å². The molecule has 1 saturated carbocycles. The number of aliphatic hydroxyl groups excluding tert-OH is 1. The molecule has 1 aromatic carbocycles. The molecule has 3 heteroatoms. The lowest BCUT2D eigenvalue weighted by molar-refractivity contribution is 0.164. The van der Waals surface area contributed by atoms with E-state index >= 15 is 0 Å². The second-order valence-corrected chi connectivity index (χ2v) is 5.46. The van der Waals surface area contributed by atoms with Gasteiger partial charge in [-0.2, -0.15) is 0 Å². The lowest BCUT2D eigenvalue weighted by Gasteiger charge is -2.22. The number of nitrogens with zero attached hydrogens (tertiary/aromatic N) is 1. The Hall–Kier alpha value is -1.06. The average Bonchev–Trinajstić information content (AvgIpc) is 3.17. The maximum Gasteiger partial charge on any atom is 0.122 e. The van der Waals surface area contributed by atoms with Crippen molar-refractivity contribution in [3.8, 4) is 5.75 Å². The summed E-state index contributed by atoms with van der Waals surface area (Å²) in [5.41, 5.74) is 1.45. The average molecular weight is 249 g/mol. The Morgan fingerprint density at radius 3 is 2.67 bits per heavy atom. The van der Waals surface area contributed by atoms with Gasteiger partial charge in [0.25, 0.3) is 0 Å². The summed E-state index contributed by atoms with van der Waals surface area (Å²) < 4.78 is 5.35. The van der Waals surface area contributed by atoms with E-state index < -0.39 is 0 Å². The van der Waals surface area contributed by atoms with Gasteiger partial charge in [-0.15, -0.1) is 0 Å². The summed E-state index contributed by atoms with van der Waals surface area (Å²) in [5.74, 6) is 0.967. The second-order valence-electron chi connectivity index (χ2n) is 5.46. The van der Waals surface area contributed by atoms with Crippen molar-refractivity contribution in [3.63, 3.8) is 0 Å². The van der Waals surface area contributed by atoms with Crippen LogP contribution in [0.1, 0.15) is 18.4 Å². The summed E-state index contributed by atoms with van der Waals surface area (Å²) in [4.78, 5) is 2.32. The molecule has 1 aliphatic rings. The fourth-order valence-corrected chi connectivity index (χ4v) is 2.42. The fraction of sp³-hybridized carbons (Fsp3) is 0.600. The van der Waals surface area contributed by atoms with Crippen molar-refractivity contribution >= 4 is 0 Å². The van der Waals surface area contributed by atoms with Gasteiger partial charge in [0.1, 0.15) is 5.75 Å². The largest absolute Gasteiger partial charge is 0.496 e. The Morgan fingerprint density at radius 1 is 1.33 bits per heavy atom. The van der Waals surface area contributed by atoms with Crippen molar-refractivity contribution in [3.05, 3.63) is 29.8 Å². The molecule has 0 aromatic heterocycles. The highest BCUT2D eigenvalue weighted by atomic mass is 16.5. The Kier molecular flexibility index (Phi) is 4.25. The molecule has 0 radical (unpaired) electrons. The molecule has 1 aliphatic carbocycles. The van der Waals surface area contributed by atoms with Crippen LogP contribution in [0.25, 0.3) is 0 Å². The Labute approximate surface area is 109 Å². The fourth-order valence-electron chi connectivity index (χ4n) is 2.42. The summed E-state index contributed by atoms with van der Waals surface area (Å²) in [7, 11) is 3.85. The van der Waals surface area contributed by atoms with E-state index in [1.165, 1.54) is 18.4 Å². The molecule has 0 amide bonds. The van der Waals surface area contributed by atoms with E-state index in [0.717, 1.165) is 25.3 Å². The van der Waals surface area contributed by atoms with Gasteiger partial charge in [-0.3, -0.25) is 0 Å². The lowest BCUT2D eigenvalue weighted by atomic mass is 10.1. The molecular formula is C15H23NO2. The number of likely N-dealkylation sites (N-methyl/N-ethyl adjacent to an activating group) is 1. The minimum absolute atomic E-state index is 0.204. The first-order valence-corrected chi connectivity index (χ1v) is 6.60. The van der Waals surface area contributed by atoms with Gasteiger partial charge in [-0.05, 0) is 37.9 Å². The Morgan fingerprint density at radius 2 is 2.06 bits per heavy atom. The standard InChI is InChI=1S/C15H23NO2/c1-16(11-15(12-17)8-9-15)10-7-13-5-3-4-6-14(13)18-2/h3-6,17H,7-12H2,1-2H3. The quantitative estimate of drug-likeness (QED) is 0.801. The molecule has 1 aromatic rings. The number of benzene rings is 1.